The quantitative estimate of drug-likeness (QED) is 0.474. The largest absolute Gasteiger partial charge is 0.493 e. The maximum Gasteiger partial charge on any atom is 0.236 e. The summed E-state index contributed by atoms with van der Waals surface area (Å²) in [5.74, 6) is 1.02. The molecule has 0 aliphatic rings. The fourth-order valence-corrected chi connectivity index (χ4v) is 1.23. The van der Waals surface area contributed by atoms with E-state index in [0.717, 1.165) is 5.56 Å². The molecule has 1 rings (SSSR count). The number of benzene rings is 1. The summed E-state index contributed by atoms with van der Waals surface area (Å²) in [7, 11) is 1.56. The first-order valence-electron chi connectivity index (χ1n) is 5.38. The molecule has 1 N–H and O–H groups in total. The van der Waals surface area contributed by atoms with Gasteiger partial charge in [-0.3, -0.25) is 4.79 Å². The summed E-state index contributed by atoms with van der Waals surface area (Å²) in [5.41, 5.74) is 3.12. The highest BCUT2D eigenvalue weighted by Gasteiger charge is 2.04. The van der Waals surface area contributed by atoms with E-state index in [2.05, 4.69) is 17.1 Å². The van der Waals surface area contributed by atoms with Gasteiger partial charge in [0.15, 0.2) is 11.5 Å². The molecule has 0 saturated carbocycles. The van der Waals surface area contributed by atoms with Crippen LogP contribution in [0.5, 0.6) is 11.5 Å². The van der Waals surface area contributed by atoms with Crippen molar-refractivity contribution >= 4 is 12.1 Å². The smallest absolute Gasteiger partial charge is 0.236 e. The highest BCUT2D eigenvalue weighted by molar-refractivity contribution is 5.82. The SMILES string of the molecule is C=CCOc1ccc(/C=N/NC(C)=O)cc1OC. The van der Waals surface area contributed by atoms with Crippen LogP contribution in [0.1, 0.15) is 12.5 Å². The monoisotopic (exact) mass is 248 g/mol. The maximum absolute atomic E-state index is 10.7. The van der Waals surface area contributed by atoms with Crippen molar-refractivity contribution in [3.8, 4) is 11.5 Å². The van der Waals surface area contributed by atoms with Crippen LogP contribution in [0, 0.1) is 0 Å². The first-order chi connectivity index (χ1) is 8.67. The number of rotatable bonds is 6. The van der Waals surface area contributed by atoms with Crippen LogP contribution in [-0.4, -0.2) is 25.8 Å². The number of nitrogens with one attached hydrogen (secondary N) is 1. The molecule has 1 aromatic rings. The van der Waals surface area contributed by atoms with Crippen molar-refractivity contribution in [1.29, 1.82) is 0 Å². The Morgan fingerprint density at radius 2 is 2.28 bits per heavy atom. The van der Waals surface area contributed by atoms with Crippen molar-refractivity contribution in [2.75, 3.05) is 13.7 Å². The second-order valence-electron chi connectivity index (χ2n) is 3.44. The van der Waals surface area contributed by atoms with Gasteiger partial charge >= 0.3 is 0 Å². The minimum Gasteiger partial charge on any atom is -0.493 e. The Morgan fingerprint density at radius 3 is 2.89 bits per heavy atom. The van der Waals surface area contributed by atoms with Gasteiger partial charge in [-0.2, -0.15) is 5.10 Å². The molecule has 18 heavy (non-hydrogen) atoms. The normalized spacial score (nSPS) is 10.1. The van der Waals surface area contributed by atoms with Gasteiger partial charge in [-0.05, 0) is 23.8 Å². The number of hydrogen-bond acceptors (Lipinski definition) is 4. The Kier molecular flexibility index (Phi) is 5.44. The van der Waals surface area contributed by atoms with E-state index < -0.39 is 0 Å². The third-order valence-corrected chi connectivity index (χ3v) is 1.98. The number of amides is 1. The summed E-state index contributed by atoms with van der Waals surface area (Å²) in [6.07, 6.45) is 3.19. The maximum atomic E-state index is 10.7. The van der Waals surface area contributed by atoms with Crippen LogP contribution in [0.25, 0.3) is 0 Å². The molecule has 0 heterocycles. The molecule has 0 radical (unpaired) electrons. The van der Waals surface area contributed by atoms with Gasteiger partial charge < -0.3 is 9.47 Å². The number of ether oxygens (including phenoxy) is 2. The molecule has 5 nitrogen and oxygen atoms in total. The number of carbonyl (C=O) groups excluding carboxylic acids is 1. The van der Waals surface area contributed by atoms with E-state index in [1.54, 1.807) is 25.3 Å². The van der Waals surface area contributed by atoms with Gasteiger partial charge in [0.2, 0.25) is 5.91 Å². The van der Waals surface area contributed by atoms with E-state index in [0.29, 0.717) is 18.1 Å². The molecule has 0 fully saturated rings. The second-order valence-corrected chi connectivity index (χ2v) is 3.44. The third kappa shape index (κ3) is 4.29. The van der Waals surface area contributed by atoms with E-state index in [1.807, 2.05) is 6.07 Å². The van der Waals surface area contributed by atoms with Gasteiger partial charge in [0, 0.05) is 6.92 Å². The fraction of sp³-hybridized carbons (Fsp3) is 0.231. The molecular weight excluding hydrogens is 232 g/mol. The van der Waals surface area contributed by atoms with Gasteiger partial charge in [0.05, 0.1) is 13.3 Å². The third-order valence-electron chi connectivity index (χ3n) is 1.98. The molecule has 0 bridgehead atoms. The van der Waals surface area contributed by atoms with Crippen molar-refractivity contribution in [3.63, 3.8) is 0 Å². The molecule has 96 valence electrons. The lowest BCUT2D eigenvalue weighted by molar-refractivity contribution is -0.118. The molecule has 1 aromatic carbocycles. The second kappa shape index (κ2) is 7.11. The van der Waals surface area contributed by atoms with Crippen molar-refractivity contribution in [1.82, 2.24) is 5.43 Å². The standard InChI is InChI=1S/C13H16N2O3/c1-4-7-18-12-6-5-11(8-13(12)17-3)9-14-15-10(2)16/h4-6,8-9H,1,7H2,2-3H3,(H,15,16)/b14-9+. The van der Waals surface area contributed by atoms with E-state index in [9.17, 15) is 4.79 Å². The Labute approximate surface area is 106 Å². The molecule has 1 amide bonds. The average Bonchev–Trinajstić information content (AvgIpc) is 2.36. The number of hydrogen-bond donors (Lipinski definition) is 1. The molecule has 0 aromatic heterocycles. The summed E-state index contributed by atoms with van der Waals surface area (Å²) in [6.45, 7) is 5.38. The molecule has 0 saturated heterocycles. The zero-order valence-electron chi connectivity index (χ0n) is 10.5. The molecule has 0 aliphatic heterocycles. The highest BCUT2D eigenvalue weighted by Crippen LogP contribution is 2.27. The Hall–Kier alpha value is -2.30. The van der Waals surface area contributed by atoms with Crippen molar-refractivity contribution < 1.29 is 14.3 Å². The van der Waals surface area contributed by atoms with Gasteiger partial charge in [-0.25, -0.2) is 5.43 Å². The number of methoxy groups -OCH3 is 1. The zero-order valence-corrected chi connectivity index (χ0v) is 10.5. The van der Waals surface area contributed by atoms with Crippen LogP contribution in [0.4, 0.5) is 0 Å². The first kappa shape index (κ1) is 13.8. The lowest BCUT2D eigenvalue weighted by atomic mass is 10.2. The lowest BCUT2D eigenvalue weighted by Crippen LogP contribution is -2.12. The van der Waals surface area contributed by atoms with Crippen LogP contribution in [-0.2, 0) is 4.79 Å². The van der Waals surface area contributed by atoms with Crippen molar-refractivity contribution in [2.24, 2.45) is 5.10 Å². The Morgan fingerprint density at radius 1 is 1.50 bits per heavy atom. The van der Waals surface area contributed by atoms with E-state index in [-0.39, 0.29) is 5.91 Å². The van der Waals surface area contributed by atoms with E-state index >= 15 is 0 Å². The topological polar surface area (TPSA) is 59.9 Å². The first-order valence-corrected chi connectivity index (χ1v) is 5.38. The summed E-state index contributed by atoms with van der Waals surface area (Å²) >= 11 is 0. The number of hydrazone groups is 1. The summed E-state index contributed by atoms with van der Waals surface area (Å²) < 4.78 is 10.6. The van der Waals surface area contributed by atoms with Crippen LogP contribution in [0.3, 0.4) is 0 Å². The lowest BCUT2D eigenvalue weighted by Gasteiger charge is -2.09. The van der Waals surface area contributed by atoms with Crippen LogP contribution in [0.15, 0.2) is 36.0 Å². The van der Waals surface area contributed by atoms with Gasteiger partial charge in [-0.15, -0.1) is 0 Å². The van der Waals surface area contributed by atoms with E-state index in [4.69, 9.17) is 9.47 Å². The summed E-state index contributed by atoms with van der Waals surface area (Å²) in [4.78, 5) is 10.7. The summed E-state index contributed by atoms with van der Waals surface area (Å²) in [5, 5.41) is 3.77. The molecule has 0 unspecified atom stereocenters. The molecule has 0 atom stereocenters. The van der Waals surface area contributed by atoms with Gasteiger partial charge in [-0.1, -0.05) is 12.7 Å². The predicted molar refractivity (Wildman–Crippen MR) is 70.1 cm³/mol. The average molecular weight is 248 g/mol. The Bertz CT molecular complexity index is 456. The molecular formula is C13H16N2O3. The van der Waals surface area contributed by atoms with E-state index in [1.165, 1.54) is 13.1 Å². The predicted octanol–water partition coefficient (Wildman–Crippen LogP) is 1.73. The minimum absolute atomic E-state index is 0.218. The van der Waals surface area contributed by atoms with Crippen LogP contribution >= 0.6 is 0 Å². The van der Waals surface area contributed by atoms with Crippen LogP contribution < -0.4 is 14.9 Å². The number of nitrogens with zero attached hydrogens (tertiary/aromatic N) is 1. The highest BCUT2D eigenvalue weighted by atomic mass is 16.5. The number of carbonyl (C=O) groups is 1. The zero-order chi connectivity index (χ0) is 13.4. The van der Waals surface area contributed by atoms with Crippen molar-refractivity contribution in [2.45, 2.75) is 6.92 Å². The van der Waals surface area contributed by atoms with Crippen LogP contribution in [0.2, 0.25) is 0 Å². The van der Waals surface area contributed by atoms with Gasteiger partial charge in [0.1, 0.15) is 6.61 Å². The summed E-state index contributed by atoms with van der Waals surface area (Å²) in [6, 6.07) is 5.35. The van der Waals surface area contributed by atoms with Gasteiger partial charge in [0.25, 0.3) is 0 Å². The van der Waals surface area contributed by atoms with Crippen molar-refractivity contribution in [3.05, 3.63) is 36.4 Å². The molecule has 5 heteroatoms. The fourth-order valence-electron chi connectivity index (χ4n) is 1.23. The minimum atomic E-state index is -0.218. The Balaban J connectivity index is 2.80. The molecule has 0 spiro atoms. The molecule has 0 aliphatic carbocycles.